The Balaban J connectivity index is 2.59. The summed E-state index contributed by atoms with van der Waals surface area (Å²) in [6.45, 7) is 4.84. The van der Waals surface area contributed by atoms with Crippen LogP contribution in [0.25, 0.3) is 0 Å². The average molecular weight is 282 g/mol. The summed E-state index contributed by atoms with van der Waals surface area (Å²) in [5.74, 6) is -2.38. The van der Waals surface area contributed by atoms with Gasteiger partial charge in [0, 0.05) is 0 Å². The number of carboxylic acid groups (broad SMARTS) is 1. The minimum Gasteiger partial charge on any atom is -0.480 e. The van der Waals surface area contributed by atoms with Crippen LogP contribution in [0.5, 0.6) is 0 Å². The first-order valence-corrected chi connectivity index (χ1v) is 6.20. The van der Waals surface area contributed by atoms with Crippen LogP contribution in [0.3, 0.4) is 0 Å². The number of carboxylic acids is 1. The summed E-state index contributed by atoms with van der Waals surface area (Å²) in [5.41, 5.74) is 0. The molecular weight excluding hydrogens is 264 g/mol. The molecule has 1 aromatic rings. The zero-order valence-electron chi connectivity index (χ0n) is 11.5. The Morgan fingerprint density at radius 1 is 1.20 bits per heavy atom. The van der Waals surface area contributed by atoms with Crippen LogP contribution in [0.4, 0.5) is 0 Å². The van der Waals surface area contributed by atoms with E-state index in [9.17, 15) is 14.4 Å². The molecule has 3 N–H and O–H groups in total. The Labute approximate surface area is 116 Å². The maximum Gasteiger partial charge on any atom is 0.326 e. The fraction of sp³-hybridized carbons (Fsp3) is 0.462. The van der Waals surface area contributed by atoms with Crippen LogP contribution >= 0.6 is 0 Å². The molecule has 0 radical (unpaired) electrons. The lowest BCUT2D eigenvalue weighted by Crippen LogP contribution is -2.52. The molecule has 0 aliphatic carbocycles. The third kappa shape index (κ3) is 4.11. The topological polar surface area (TPSA) is 109 Å². The van der Waals surface area contributed by atoms with Crippen molar-refractivity contribution in [2.45, 2.75) is 32.9 Å². The Bertz CT molecular complexity index is 481. The van der Waals surface area contributed by atoms with Gasteiger partial charge in [0.1, 0.15) is 12.1 Å². The molecule has 0 fully saturated rings. The molecule has 0 aliphatic rings. The van der Waals surface area contributed by atoms with Gasteiger partial charge in [-0.2, -0.15) is 0 Å². The summed E-state index contributed by atoms with van der Waals surface area (Å²) in [6.07, 6.45) is 1.35. The lowest BCUT2D eigenvalue weighted by molar-refractivity contribution is -0.143. The Kier molecular flexibility index (Phi) is 5.31. The minimum atomic E-state index is -1.11. The first kappa shape index (κ1) is 15.7. The number of carbonyl (C=O) groups excluding carboxylic acids is 2. The van der Waals surface area contributed by atoms with Gasteiger partial charge in [-0.15, -0.1) is 0 Å². The van der Waals surface area contributed by atoms with Gasteiger partial charge in [0.15, 0.2) is 5.76 Å². The maximum absolute atomic E-state index is 11.8. The van der Waals surface area contributed by atoms with Crippen molar-refractivity contribution in [2.75, 3.05) is 0 Å². The number of hydrogen-bond donors (Lipinski definition) is 3. The molecule has 20 heavy (non-hydrogen) atoms. The van der Waals surface area contributed by atoms with E-state index in [0.717, 1.165) is 0 Å². The molecule has 1 aromatic heterocycles. The zero-order valence-corrected chi connectivity index (χ0v) is 11.5. The van der Waals surface area contributed by atoms with Gasteiger partial charge in [-0.1, -0.05) is 13.8 Å². The Morgan fingerprint density at radius 3 is 2.30 bits per heavy atom. The fourth-order valence-corrected chi connectivity index (χ4v) is 1.53. The van der Waals surface area contributed by atoms with Crippen molar-refractivity contribution in [2.24, 2.45) is 5.92 Å². The van der Waals surface area contributed by atoms with Crippen molar-refractivity contribution >= 4 is 17.8 Å². The van der Waals surface area contributed by atoms with E-state index >= 15 is 0 Å². The molecule has 110 valence electrons. The van der Waals surface area contributed by atoms with E-state index in [1.54, 1.807) is 19.9 Å². The Hall–Kier alpha value is -2.31. The Morgan fingerprint density at radius 2 is 1.85 bits per heavy atom. The molecular formula is C13H18N2O5. The lowest BCUT2D eigenvalue weighted by Gasteiger charge is -2.20. The molecule has 0 aliphatic heterocycles. The largest absolute Gasteiger partial charge is 0.480 e. The molecule has 1 heterocycles. The molecule has 0 saturated heterocycles. The highest BCUT2D eigenvalue weighted by molar-refractivity contribution is 5.96. The number of rotatable bonds is 6. The summed E-state index contributed by atoms with van der Waals surface area (Å²) in [7, 11) is 0. The van der Waals surface area contributed by atoms with Crippen molar-refractivity contribution in [3.63, 3.8) is 0 Å². The molecule has 0 bridgehead atoms. The van der Waals surface area contributed by atoms with Crippen LogP contribution in [-0.4, -0.2) is 35.0 Å². The van der Waals surface area contributed by atoms with Gasteiger partial charge in [0.05, 0.1) is 6.26 Å². The smallest absolute Gasteiger partial charge is 0.326 e. The SMILES string of the molecule is CC(NC(=O)c1ccco1)C(=O)NC(C(=O)O)C(C)C. The van der Waals surface area contributed by atoms with Crippen molar-refractivity contribution < 1.29 is 23.9 Å². The molecule has 0 spiro atoms. The number of hydrogen-bond acceptors (Lipinski definition) is 4. The number of furan rings is 1. The van der Waals surface area contributed by atoms with Gasteiger partial charge in [0.25, 0.3) is 5.91 Å². The summed E-state index contributed by atoms with van der Waals surface area (Å²) in [4.78, 5) is 34.5. The highest BCUT2D eigenvalue weighted by atomic mass is 16.4. The quantitative estimate of drug-likeness (QED) is 0.709. The maximum atomic E-state index is 11.8. The monoisotopic (exact) mass is 282 g/mol. The van der Waals surface area contributed by atoms with Crippen LogP contribution in [0.2, 0.25) is 0 Å². The summed E-state index contributed by atoms with van der Waals surface area (Å²) in [5, 5.41) is 13.8. The molecule has 2 amide bonds. The van der Waals surface area contributed by atoms with Crippen molar-refractivity contribution in [3.8, 4) is 0 Å². The van der Waals surface area contributed by atoms with Gasteiger partial charge < -0.3 is 20.2 Å². The van der Waals surface area contributed by atoms with E-state index in [2.05, 4.69) is 10.6 Å². The highest BCUT2D eigenvalue weighted by Gasteiger charge is 2.26. The molecule has 7 nitrogen and oxygen atoms in total. The molecule has 7 heteroatoms. The predicted molar refractivity (Wildman–Crippen MR) is 70.0 cm³/mol. The molecule has 2 atom stereocenters. The molecule has 0 aromatic carbocycles. The summed E-state index contributed by atoms with van der Waals surface area (Å²) < 4.78 is 4.90. The average Bonchev–Trinajstić information content (AvgIpc) is 2.88. The number of carbonyl (C=O) groups is 3. The number of amides is 2. The molecule has 0 saturated carbocycles. The zero-order chi connectivity index (χ0) is 15.3. The number of aliphatic carboxylic acids is 1. The fourth-order valence-electron chi connectivity index (χ4n) is 1.53. The van der Waals surface area contributed by atoms with Gasteiger partial charge >= 0.3 is 5.97 Å². The predicted octanol–water partition coefficient (Wildman–Crippen LogP) is 0.623. The van der Waals surface area contributed by atoms with Crippen molar-refractivity contribution in [3.05, 3.63) is 24.2 Å². The summed E-state index contributed by atoms with van der Waals surface area (Å²) >= 11 is 0. The van der Waals surface area contributed by atoms with Crippen LogP contribution < -0.4 is 10.6 Å². The van der Waals surface area contributed by atoms with Gasteiger partial charge in [-0.3, -0.25) is 9.59 Å². The van der Waals surface area contributed by atoms with Crippen LogP contribution in [0.1, 0.15) is 31.3 Å². The van der Waals surface area contributed by atoms with Crippen LogP contribution in [0, 0.1) is 5.92 Å². The van der Waals surface area contributed by atoms with E-state index in [1.165, 1.54) is 19.3 Å². The highest BCUT2D eigenvalue weighted by Crippen LogP contribution is 2.03. The van der Waals surface area contributed by atoms with Crippen LogP contribution in [-0.2, 0) is 9.59 Å². The van der Waals surface area contributed by atoms with E-state index < -0.39 is 29.9 Å². The van der Waals surface area contributed by atoms with E-state index in [4.69, 9.17) is 9.52 Å². The number of nitrogens with one attached hydrogen (secondary N) is 2. The normalized spacial score (nSPS) is 13.6. The van der Waals surface area contributed by atoms with Gasteiger partial charge in [-0.25, -0.2) is 4.79 Å². The third-order valence-electron chi connectivity index (χ3n) is 2.72. The second kappa shape index (κ2) is 6.74. The van der Waals surface area contributed by atoms with Gasteiger partial charge in [-0.05, 0) is 25.0 Å². The third-order valence-corrected chi connectivity index (χ3v) is 2.72. The van der Waals surface area contributed by atoms with Crippen LogP contribution in [0.15, 0.2) is 22.8 Å². The second-order valence-electron chi connectivity index (χ2n) is 4.74. The lowest BCUT2D eigenvalue weighted by atomic mass is 10.0. The summed E-state index contributed by atoms with van der Waals surface area (Å²) in [6, 6.07) is 1.16. The first-order chi connectivity index (χ1) is 9.32. The second-order valence-corrected chi connectivity index (χ2v) is 4.74. The van der Waals surface area contributed by atoms with Crippen molar-refractivity contribution in [1.82, 2.24) is 10.6 Å². The standard InChI is InChI=1S/C13H18N2O5/c1-7(2)10(13(18)19)15-11(16)8(3)14-12(17)9-5-4-6-20-9/h4-8,10H,1-3H3,(H,14,17)(H,15,16)(H,18,19). The van der Waals surface area contributed by atoms with E-state index in [1.807, 2.05) is 0 Å². The molecule has 2 unspecified atom stereocenters. The molecule has 1 rings (SSSR count). The minimum absolute atomic E-state index is 0.0864. The van der Waals surface area contributed by atoms with Gasteiger partial charge in [0.2, 0.25) is 5.91 Å². The van der Waals surface area contributed by atoms with Crippen molar-refractivity contribution in [1.29, 1.82) is 0 Å². The van der Waals surface area contributed by atoms with E-state index in [-0.39, 0.29) is 11.7 Å². The van der Waals surface area contributed by atoms with E-state index in [0.29, 0.717) is 0 Å². The first-order valence-electron chi connectivity index (χ1n) is 6.20.